The van der Waals surface area contributed by atoms with E-state index < -0.39 is 0 Å². The van der Waals surface area contributed by atoms with Gasteiger partial charge in [0, 0.05) is 12.3 Å². The Kier molecular flexibility index (Phi) is 6.12. The Morgan fingerprint density at radius 2 is 1.96 bits per heavy atom. The molecule has 0 spiro atoms. The first-order valence-corrected chi connectivity index (χ1v) is 8.94. The lowest BCUT2D eigenvalue weighted by atomic mass is 10.1. The van der Waals surface area contributed by atoms with Gasteiger partial charge < -0.3 is 19.5 Å². The maximum atomic E-state index is 12.1. The van der Waals surface area contributed by atoms with Crippen LogP contribution in [0.25, 0.3) is 0 Å². The average Bonchev–Trinajstić information content (AvgIpc) is 3.15. The minimum atomic E-state index is -0.195. The summed E-state index contributed by atoms with van der Waals surface area (Å²) in [6.45, 7) is 5.32. The van der Waals surface area contributed by atoms with E-state index in [9.17, 15) is 4.79 Å². The summed E-state index contributed by atoms with van der Waals surface area (Å²) < 4.78 is 16.9. The summed E-state index contributed by atoms with van der Waals surface area (Å²) in [4.78, 5) is 12.1. The number of ether oxygens (including phenoxy) is 3. The molecule has 0 radical (unpaired) electrons. The van der Waals surface area contributed by atoms with E-state index in [1.807, 2.05) is 56.3 Å². The molecule has 1 amide bonds. The van der Waals surface area contributed by atoms with Crippen LogP contribution in [-0.2, 0) is 9.53 Å². The molecule has 1 aliphatic rings. The van der Waals surface area contributed by atoms with Crippen molar-refractivity contribution in [1.29, 1.82) is 0 Å². The number of nitrogens with one attached hydrogen (secondary N) is 1. The zero-order chi connectivity index (χ0) is 18.4. The molecule has 2 aromatic carbocycles. The van der Waals surface area contributed by atoms with Crippen molar-refractivity contribution in [3.8, 4) is 11.5 Å². The van der Waals surface area contributed by atoms with E-state index in [1.165, 1.54) is 0 Å². The van der Waals surface area contributed by atoms with Gasteiger partial charge in [0.2, 0.25) is 0 Å². The highest BCUT2D eigenvalue weighted by Crippen LogP contribution is 2.20. The number of hydrogen-bond donors (Lipinski definition) is 1. The van der Waals surface area contributed by atoms with Crippen LogP contribution in [-0.4, -0.2) is 31.8 Å². The second-order valence-electron chi connectivity index (χ2n) is 6.58. The molecule has 5 nitrogen and oxygen atoms in total. The number of carbonyl (C=O) groups is 1. The first-order chi connectivity index (χ1) is 12.6. The first kappa shape index (κ1) is 18.3. The molecule has 0 aliphatic carbocycles. The number of carbonyl (C=O) groups excluding carboxylic acids is 1. The lowest BCUT2D eigenvalue weighted by Gasteiger charge is -2.12. The fourth-order valence-corrected chi connectivity index (χ4v) is 2.80. The van der Waals surface area contributed by atoms with Crippen LogP contribution in [0, 0.1) is 13.8 Å². The molecule has 1 N–H and O–H groups in total. The number of rotatable bonds is 7. The maximum Gasteiger partial charge on any atom is 0.262 e. The molecule has 3 rings (SSSR count). The lowest BCUT2D eigenvalue weighted by molar-refractivity contribution is -0.118. The highest BCUT2D eigenvalue weighted by atomic mass is 16.5. The van der Waals surface area contributed by atoms with E-state index in [-0.39, 0.29) is 18.6 Å². The van der Waals surface area contributed by atoms with E-state index >= 15 is 0 Å². The first-order valence-electron chi connectivity index (χ1n) is 8.94. The van der Waals surface area contributed by atoms with Crippen molar-refractivity contribution in [1.82, 2.24) is 0 Å². The van der Waals surface area contributed by atoms with Crippen molar-refractivity contribution >= 4 is 11.6 Å². The van der Waals surface area contributed by atoms with Gasteiger partial charge in [0.15, 0.2) is 6.61 Å². The van der Waals surface area contributed by atoms with E-state index in [2.05, 4.69) is 5.32 Å². The van der Waals surface area contributed by atoms with Crippen LogP contribution in [0.4, 0.5) is 5.69 Å². The monoisotopic (exact) mass is 355 g/mol. The van der Waals surface area contributed by atoms with Crippen LogP contribution >= 0.6 is 0 Å². The predicted octanol–water partition coefficient (Wildman–Crippen LogP) is 3.88. The minimum Gasteiger partial charge on any atom is -0.491 e. The summed E-state index contributed by atoms with van der Waals surface area (Å²) in [6.07, 6.45) is 2.34. The van der Waals surface area contributed by atoms with Gasteiger partial charge in [-0.25, -0.2) is 0 Å². The van der Waals surface area contributed by atoms with Gasteiger partial charge in [-0.15, -0.1) is 0 Å². The Hall–Kier alpha value is -2.53. The van der Waals surface area contributed by atoms with Crippen LogP contribution < -0.4 is 14.8 Å². The maximum absolute atomic E-state index is 12.1. The van der Waals surface area contributed by atoms with Crippen LogP contribution in [0.3, 0.4) is 0 Å². The van der Waals surface area contributed by atoms with Crippen molar-refractivity contribution in [2.45, 2.75) is 32.8 Å². The third kappa shape index (κ3) is 5.23. The summed E-state index contributed by atoms with van der Waals surface area (Å²) >= 11 is 0. The highest BCUT2D eigenvalue weighted by molar-refractivity contribution is 5.91. The van der Waals surface area contributed by atoms with E-state index in [0.29, 0.717) is 12.3 Å². The largest absolute Gasteiger partial charge is 0.491 e. The molecule has 1 unspecified atom stereocenters. The van der Waals surface area contributed by atoms with Gasteiger partial charge in [0.05, 0.1) is 6.10 Å². The van der Waals surface area contributed by atoms with Gasteiger partial charge in [-0.2, -0.15) is 0 Å². The van der Waals surface area contributed by atoms with Crippen LogP contribution in [0.15, 0.2) is 42.5 Å². The van der Waals surface area contributed by atoms with E-state index in [1.54, 1.807) is 0 Å². The number of aryl methyl sites for hydroxylation is 2. The highest BCUT2D eigenvalue weighted by Gasteiger charge is 2.15. The molecule has 0 aromatic heterocycles. The third-order valence-electron chi connectivity index (χ3n) is 4.30. The molecule has 1 saturated heterocycles. The van der Waals surface area contributed by atoms with Gasteiger partial charge in [-0.1, -0.05) is 12.1 Å². The van der Waals surface area contributed by atoms with E-state index in [0.717, 1.165) is 42.1 Å². The molecule has 138 valence electrons. The summed E-state index contributed by atoms with van der Waals surface area (Å²) in [6, 6.07) is 13.3. The van der Waals surface area contributed by atoms with Crippen LogP contribution in [0.1, 0.15) is 24.0 Å². The third-order valence-corrected chi connectivity index (χ3v) is 4.30. The van der Waals surface area contributed by atoms with Crippen LogP contribution in [0.2, 0.25) is 0 Å². The zero-order valence-electron chi connectivity index (χ0n) is 15.3. The van der Waals surface area contributed by atoms with Crippen molar-refractivity contribution in [2.24, 2.45) is 0 Å². The fraction of sp³-hybridized carbons (Fsp3) is 0.381. The van der Waals surface area contributed by atoms with Crippen LogP contribution in [0.5, 0.6) is 11.5 Å². The fourth-order valence-electron chi connectivity index (χ4n) is 2.80. The smallest absolute Gasteiger partial charge is 0.262 e. The van der Waals surface area contributed by atoms with Gasteiger partial charge in [0.1, 0.15) is 18.1 Å². The number of benzene rings is 2. The molecule has 2 aromatic rings. The normalized spacial score (nSPS) is 16.3. The summed E-state index contributed by atoms with van der Waals surface area (Å²) in [5.74, 6) is 1.31. The van der Waals surface area contributed by atoms with Crippen molar-refractivity contribution in [2.75, 3.05) is 25.1 Å². The molecule has 0 bridgehead atoms. The molecule has 26 heavy (non-hydrogen) atoms. The molecular formula is C21H25NO4. The second-order valence-corrected chi connectivity index (χ2v) is 6.58. The Labute approximate surface area is 154 Å². The van der Waals surface area contributed by atoms with Crippen molar-refractivity contribution < 1.29 is 19.0 Å². The SMILES string of the molecule is Cc1ccc(C)c(OCC(=O)Nc2ccc(OCC3CCCO3)cc2)c1. The summed E-state index contributed by atoms with van der Waals surface area (Å²) in [5.41, 5.74) is 2.82. The second kappa shape index (κ2) is 8.72. The molecule has 1 heterocycles. The van der Waals surface area contributed by atoms with Gasteiger partial charge in [-0.05, 0) is 68.1 Å². The topological polar surface area (TPSA) is 56.8 Å². The van der Waals surface area contributed by atoms with Gasteiger partial charge >= 0.3 is 0 Å². The Balaban J connectivity index is 1.45. The molecule has 1 fully saturated rings. The predicted molar refractivity (Wildman–Crippen MR) is 101 cm³/mol. The summed E-state index contributed by atoms with van der Waals surface area (Å²) in [5, 5.41) is 2.83. The zero-order valence-corrected chi connectivity index (χ0v) is 15.3. The van der Waals surface area contributed by atoms with E-state index in [4.69, 9.17) is 14.2 Å². The summed E-state index contributed by atoms with van der Waals surface area (Å²) in [7, 11) is 0. The quantitative estimate of drug-likeness (QED) is 0.819. The number of anilines is 1. The Morgan fingerprint density at radius 3 is 2.69 bits per heavy atom. The van der Waals surface area contributed by atoms with Crippen molar-refractivity contribution in [3.63, 3.8) is 0 Å². The number of amides is 1. The average molecular weight is 355 g/mol. The molecule has 0 saturated carbocycles. The van der Waals surface area contributed by atoms with Gasteiger partial charge in [-0.3, -0.25) is 4.79 Å². The minimum absolute atomic E-state index is 0.0262. The number of hydrogen-bond acceptors (Lipinski definition) is 4. The Morgan fingerprint density at radius 1 is 1.15 bits per heavy atom. The molecule has 1 aliphatic heterocycles. The molecule has 1 atom stereocenters. The molecule has 5 heteroatoms. The van der Waals surface area contributed by atoms with Gasteiger partial charge in [0.25, 0.3) is 5.91 Å². The van der Waals surface area contributed by atoms with Crippen molar-refractivity contribution in [3.05, 3.63) is 53.6 Å². The Bertz CT molecular complexity index is 736. The lowest BCUT2D eigenvalue weighted by Crippen LogP contribution is -2.20. The standard InChI is InChI=1S/C21H25NO4/c1-15-5-6-16(2)20(12-15)26-14-21(23)22-17-7-9-18(10-8-17)25-13-19-4-3-11-24-19/h5-10,12,19H,3-4,11,13-14H2,1-2H3,(H,22,23). The molecular weight excluding hydrogens is 330 g/mol.